The number of hydrogen-bond acceptors (Lipinski definition) is 6. The highest BCUT2D eigenvalue weighted by Gasteiger charge is 2.32. The van der Waals surface area contributed by atoms with Crippen molar-refractivity contribution in [3.8, 4) is 0 Å². The first-order chi connectivity index (χ1) is 10.1. The molecule has 0 aromatic carbocycles. The molecule has 2 fully saturated rings. The van der Waals surface area contributed by atoms with Crippen LogP contribution in [-0.4, -0.2) is 47.2 Å². The predicted molar refractivity (Wildman–Crippen MR) is 83.0 cm³/mol. The summed E-state index contributed by atoms with van der Waals surface area (Å²) < 4.78 is 0. The number of anilines is 1. The van der Waals surface area contributed by atoms with Gasteiger partial charge >= 0.3 is 5.69 Å². The summed E-state index contributed by atoms with van der Waals surface area (Å²) >= 11 is 1.36. The molecule has 3 rings (SSSR count). The predicted octanol–water partition coefficient (Wildman–Crippen LogP) is 2.38. The van der Waals surface area contributed by atoms with Gasteiger partial charge in [-0.25, -0.2) is 0 Å². The summed E-state index contributed by atoms with van der Waals surface area (Å²) in [5, 5.41) is 21.7. The third kappa shape index (κ3) is 2.90. The van der Waals surface area contributed by atoms with Crippen LogP contribution in [0.25, 0.3) is 0 Å². The summed E-state index contributed by atoms with van der Waals surface area (Å²) in [6.07, 6.45) is 2.79. The molecule has 0 amide bonds. The fraction of sp³-hybridized carbons (Fsp3) is 0.714. The third-order valence-corrected chi connectivity index (χ3v) is 5.77. The zero-order chi connectivity index (χ0) is 15.0. The molecular formula is C14H21N3O3S. The zero-order valence-electron chi connectivity index (χ0n) is 12.2. The van der Waals surface area contributed by atoms with Crippen LogP contribution < -0.4 is 4.90 Å². The van der Waals surface area contributed by atoms with Crippen LogP contribution in [-0.2, 0) is 0 Å². The Kier molecular flexibility index (Phi) is 4.14. The van der Waals surface area contributed by atoms with E-state index in [-0.39, 0.29) is 10.6 Å². The van der Waals surface area contributed by atoms with E-state index in [1.807, 2.05) is 0 Å². The molecule has 0 radical (unpaired) electrons. The van der Waals surface area contributed by atoms with E-state index in [0.29, 0.717) is 15.9 Å². The fourth-order valence-electron chi connectivity index (χ4n) is 3.34. The van der Waals surface area contributed by atoms with E-state index in [9.17, 15) is 15.2 Å². The molecule has 0 aliphatic carbocycles. The Morgan fingerprint density at radius 3 is 2.90 bits per heavy atom. The number of aliphatic hydroxyl groups excluding tert-OH is 1. The number of nitrogens with zero attached hydrogens (tertiary/aromatic N) is 3. The van der Waals surface area contributed by atoms with Crippen LogP contribution in [0.5, 0.6) is 0 Å². The molecule has 1 aromatic heterocycles. The van der Waals surface area contributed by atoms with Gasteiger partial charge in [0.2, 0.25) is 0 Å². The van der Waals surface area contributed by atoms with Crippen molar-refractivity contribution in [3.63, 3.8) is 0 Å². The number of nitro groups is 1. The SMILES string of the molecule is C[C@H](O)c1cc([N+](=O)[O-])c(N2CCCN3CCCC3C2)s1. The van der Waals surface area contributed by atoms with Gasteiger partial charge in [0.25, 0.3) is 0 Å². The lowest BCUT2D eigenvalue weighted by Crippen LogP contribution is -2.36. The van der Waals surface area contributed by atoms with Crippen molar-refractivity contribution >= 4 is 22.0 Å². The summed E-state index contributed by atoms with van der Waals surface area (Å²) in [6.45, 7) is 5.61. The molecule has 0 spiro atoms. The van der Waals surface area contributed by atoms with Crippen LogP contribution in [0, 0.1) is 10.1 Å². The lowest BCUT2D eigenvalue weighted by atomic mass is 10.2. The lowest BCUT2D eigenvalue weighted by Gasteiger charge is -2.25. The van der Waals surface area contributed by atoms with Crippen molar-refractivity contribution in [2.75, 3.05) is 31.1 Å². The maximum atomic E-state index is 11.3. The Bertz CT molecular complexity index is 532. The molecule has 2 saturated heterocycles. The van der Waals surface area contributed by atoms with E-state index in [0.717, 1.165) is 32.6 Å². The van der Waals surface area contributed by atoms with Crippen molar-refractivity contribution in [1.82, 2.24) is 4.90 Å². The molecule has 2 aliphatic heterocycles. The van der Waals surface area contributed by atoms with Gasteiger partial charge in [-0.05, 0) is 32.7 Å². The second-order valence-corrected chi connectivity index (χ2v) is 6.97. The van der Waals surface area contributed by atoms with Crippen molar-refractivity contribution in [3.05, 3.63) is 21.1 Å². The molecule has 3 heterocycles. The van der Waals surface area contributed by atoms with E-state index in [1.165, 1.54) is 30.2 Å². The first-order valence-corrected chi connectivity index (χ1v) is 8.33. The number of thiophene rings is 1. The third-order valence-electron chi connectivity index (χ3n) is 4.41. The van der Waals surface area contributed by atoms with Crippen molar-refractivity contribution < 1.29 is 10.0 Å². The summed E-state index contributed by atoms with van der Waals surface area (Å²) in [6, 6.07) is 2.05. The van der Waals surface area contributed by atoms with Crippen LogP contribution in [0.2, 0.25) is 0 Å². The molecule has 1 unspecified atom stereocenters. The smallest absolute Gasteiger partial charge is 0.304 e. The summed E-state index contributed by atoms with van der Waals surface area (Å²) in [7, 11) is 0. The minimum atomic E-state index is -0.655. The van der Waals surface area contributed by atoms with Crippen LogP contribution in [0.4, 0.5) is 10.7 Å². The zero-order valence-corrected chi connectivity index (χ0v) is 13.0. The Labute approximate surface area is 128 Å². The van der Waals surface area contributed by atoms with E-state index in [1.54, 1.807) is 6.92 Å². The average molecular weight is 311 g/mol. The number of hydrogen-bond donors (Lipinski definition) is 1. The van der Waals surface area contributed by atoms with E-state index in [2.05, 4.69) is 9.80 Å². The standard InChI is InChI=1S/C14H21N3O3S/c1-10(18)13-8-12(17(19)20)14(21-13)16-7-3-6-15-5-2-4-11(15)9-16/h8,10-11,18H,2-7,9H2,1H3/t10-,11?/m0/s1. The first kappa shape index (κ1) is 14.7. The van der Waals surface area contributed by atoms with Gasteiger partial charge in [0.05, 0.1) is 11.0 Å². The Morgan fingerprint density at radius 1 is 1.43 bits per heavy atom. The first-order valence-electron chi connectivity index (χ1n) is 7.51. The summed E-state index contributed by atoms with van der Waals surface area (Å²) in [5.74, 6) is 0. The lowest BCUT2D eigenvalue weighted by molar-refractivity contribution is -0.383. The van der Waals surface area contributed by atoms with E-state index in [4.69, 9.17) is 0 Å². The van der Waals surface area contributed by atoms with Crippen molar-refractivity contribution in [2.24, 2.45) is 0 Å². The molecule has 0 saturated carbocycles. The van der Waals surface area contributed by atoms with Crippen molar-refractivity contribution in [1.29, 1.82) is 0 Å². The normalized spacial score (nSPS) is 24.7. The van der Waals surface area contributed by atoms with Crippen molar-refractivity contribution in [2.45, 2.75) is 38.3 Å². The molecule has 0 bridgehead atoms. The molecular weight excluding hydrogens is 290 g/mol. The van der Waals surface area contributed by atoms with Gasteiger partial charge in [0.1, 0.15) is 0 Å². The molecule has 7 heteroatoms. The van der Waals surface area contributed by atoms with Crippen LogP contribution in [0.3, 0.4) is 0 Å². The number of rotatable bonds is 3. The molecule has 2 atom stereocenters. The fourth-order valence-corrected chi connectivity index (χ4v) is 4.44. The average Bonchev–Trinajstić information content (AvgIpc) is 3.01. The topological polar surface area (TPSA) is 69.8 Å². The molecule has 21 heavy (non-hydrogen) atoms. The van der Waals surface area contributed by atoms with Crippen LogP contribution in [0.15, 0.2) is 6.07 Å². The van der Waals surface area contributed by atoms with Gasteiger partial charge in [-0.3, -0.25) is 15.0 Å². The molecule has 6 nitrogen and oxygen atoms in total. The highest BCUT2D eigenvalue weighted by Crippen LogP contribution is 2.41. The molecule has 1 aromatic rings. The summed E-state index contributed by atoms with van der Waals surface area (Å²) in [5.41, 5.74) is 0.141. The van der Waals surface area contributed by atoms with Gasteiger partial charge in [0, 0.05) is 36.6 Å². The number of aliphatic hydroxyl groups is 1. The van der Waals surface area contributed by atoms with Crippen LogP contribution >= 0.6 is 11.3 Å². The van der Waals surface area contributed by atoms with Gasteiger partial charge in [-0.1, -0.05) is 0 Å². The highest BCUT2D eigenvalue weighted by molar-refractivity contribution is 7.16. The minimum absolute atomic E-state index is 0.141. The molecule has 1 N–H and O–H groups in total. The Morgan fingerprint density at radius 2 is 2.19 bits per heavy atom. The second kappa shape index (κ2) is 5.90. The molecule has 116 valence electrons. The highest BCUT2D eigenvalue weighted by atomic mass is 32.1. The second-order valence-electron chi connectivity index (χ2n) is 5.90. The Balaban J connectivity index is 1.89. The minimum Gasteiger partial charge on any atom is -0.388 e. The van der Waals surface area contributed by atoms with E-state index >= 15 is 0 Å². The maximum absolute atomic E-state index is 11.3. The maximum Gasteiger partial charge on any atom is 0.304 e. The largest absolute Gasteiger partial charge is 0.388 e. The van der Waals surface area contributed by atoms with E-state index < -0.39 is 6.10 Å². The monoisotopic (exact) mass is 311 g/mol. The quantitative estimate of drug-likeness (QED) is 0.685. The molecule has 2 aliphatic rings. The van der Waals surface area contributed by atoms with Gasteiger partial charge in [-0.15, -0.1) is 11.3 Å². The van der Waals surface area contributed by atoms with Gasteiger partial charge < -0.3 is 10.0 Å². The number of fused-ring (bicyclic) bond motifs is 1. The van der Waals surface area contributed by atoms with Gasteiger partial charge in [0.15, 0.2) is 5.00 Å². The van der Waals surface area contributed by atoms with Crippen LogP contribution in [0.1, 0.15) is 37.2 Å². The van der Waals surface area contributed by atoms with Gasteiger partial charge in [-0.2, -0.15) is 0 Å². The Hall–Kier alpha value is -1.18. The summed E-state index contributed by atoms with van der Waals surface area (Å²) in [4.78, 5) is 16.3.